The van der Waals surface area contributed by atoms with Gasteiger partial charge in [-0.1, -0.05) is 0 Å². The van der Waals surface area contributed by atoms with E-state index in [4.69, 9.17) is 10.00 Å². The Balaban J connectivity index is 2.33. The molecule has 0 radical (unpaired) electrons. The summed E-state index contributed by atoms with van der Waals surface area (Å²) in [6.07, 6.45) is 1.74. The molecule has 19 heavy (non-hydrogen) atoms. The third kappa shape index (κ3) is 2.54. The molecule has 0 bridgehead atoms. The minimum absolute atomic E-state index is 0.194. The molecule has 102 valence electrons. The van der Waals surface area contributed by atoms with Crippen molar-refractivity contribution in [1.29, 1.82) is 5.26 Å². The van der Waals surface area contributed by atoms with Crippen LogP contribution in [0.15, 0.2) is 12.1 Å². The highest BCUT2D eigenvalue weighted by Crippen LogP contribution is 2.31. The summed E-state index contributed by atoms with van der Waals surface area (Å²) in [7, 11) is 1.62. The first kappa shape index (κ1) is 13.8. The van der Waals surface area contributed by atoms with Gasteiger partial charge in [-0.25, -0.2) is 8.78 Å². The average Bonchev–Trinajstić information content (AvgIpc) is 2.42. The molecule has 1 aromatic carbocycles. The van der Waals surface area contributed by atoms with Gasteiger partial charge in [0.1, 0.15) is 6.07 Å². The quantitative estimate of drug-likeness (QED) is 0.825. The van der Waals surface area contributed by atoms with E-state index < -0.39 is 11.6 Å². The van der Waals surface area contributed by atoms with Crippen LogP contribution in [-0.2, 0) is 4.74 Å². The minimum Gasteiger partial charge on any atom is -0.377 e. The lowest BCUT2D eigenvalue weighted by atomic mass is 9.94. The first-order valence-electron chi connectivity index (χ1n) is 6.19. The van der Waals surface area contributed by atoms with E-state index in [-0.39, 0.29) is 16.9 Å². The SMILES string of the molecule is COC1(C)CCCN(c2ccc(C#N)c(F)c2F)C1. The normalized spacial score (nSPS) is 23.2. The molecule has 0 saturated carbocycles. The number of benzene rings is 1. The molecule has 1 unspecified atom stereocenters. The van der Waals surface area contributed by atoms with Crippen LogP contribution in [0.3, 0.4) is 0 Å². The number of anilines is 1. The van der Waals surface area contributed by atoms with Gasteiger partial charge < -0.3 is 9.64 Å². The van der Waals surface area contributed by atoms with Crippen LogP contribution >= 0.6 is 0 Å². The molecule has 3 nitrogen and oxygen atoms in total. The summed E-state index contributed by atoms with van der Waals surface area (Å²) in [6.45, 7) is 3.12. The van der Waals surface area contributed by atoms with Crippen LogP contribution in [0.2, 0.25) is 0 Å². The number of piperidine rings is 1. The fraction of sp³-hybridized carbons (Fsp3) is 0.500. The highest BCUT2D eigenvalue weighted by molar-refractivity contribution is 5.52. The third-order valence-electron chi connectivity index (χ3n) is 3.67. The lowest BCUT2D eigenvalue weighted by Crippen LogP contribution is -2.47. The van der Waals surface area contributed by atoms with Crippen LogP contribution in [0.5, 0.6) is 0 Å². The highest BCUT2D eigenvalue weighted by Gasteiger charge is 2.32. The molecule has 2 rings (SSSR count). The topological polar surface area (TPSA) is 36.3 Å². The van der Waals surface area contributed by atoms with Gasteiger partial charge in [0.05, 0.1) is 16.9 Å². The second-order valence-corrected chi connectivity index (χ2v) is 5.05. The van der Waals surface area contributed by atoms with E-state index >= 15 is 0 Å². The third-order valence-corrected chi connectivity index (χ3v) is 3.67. The maximum absolute atomic E-state index is 14.0. The fourth-order valence-corrected chi connectivity index (χ4v) is 2.45. The number of rotatable bonds is 2. The van der Waals surface area contributed by atoms with Gasteiger partial charge >= 0.3 is 0 Å². The van der Waals surface area contributed by atoms with Gasteiger partial charge in [0.2, 0.25) is 0 Å². The van der Waals surface area contributed by atoms with Crippen molar-refractivity contribution in [1.82, 2.24) is 0 Å². The zero-order valence-electron chi connectivity index (χ0n) is 11.0. The number of hydrogen-bond donors (Lipinski definition) is 0. The maximum atomic E-state index is 14.0. The predicted molar refractivity (Wildman–Crippen MR) is 67.9 cm³/mol. The van der Waals surface area contributed by atoms with E-state index in [1.165, 1.54) is 12.1 Å². The molecule has 0 N–H and O–H groups in total. The van der Waals surface area contributed by atoms with Crippen LogP contribution in [0.25, 0.3) is 0 Å². The lowest BCUT2D eigenvalue weighted by Gasteiger charge is -2.40. The van der Waals surface area contributed by atoms with Crippen LogP contribution in [0.4, 0.5) is 14.5 Å². The monoisotopic (exact) mass is 266 g/mol. The Hall–Kier alpha value is -1.67. The van der Waals surface area contributed by atoms with Crippen LogP contribution < -0.4 is 4.90 Å². The van der Waals surface area contributed by atoms with E-state index in [0.717, 1.165) is 12.8 Å². The zero-order valence-corrected chi connectivity index (χ0v) is 11.0. The molecule has 1 aliphatic heterocycles. The van der Waals surface area contributed by atoms with Crippen molar-refractivity contribution in [3.8, 4) is 6.07 Å². The second kappa shape index (κ2) is 5.14. The standard InChI is InChI=1S/C14H16F2N2O/c1-14(19-2)6-3-7-18(9-14)11-5-4-10(8-17)12(15)13(11)16/h4-5H,3,6-7,9H2,1-2H3. The Bertz CT molecular complexity index is 527. The van der Waals surface area contributed by atoms with Crippen molar-refractivity contribution >= 4 is 5.69 Å². The summed E-state index contributed by atoms with van der Waals surface area (Å²) >= 11 is 0. The Morgan fingerprint density at radius 2 is 2.11 bits per heavy atom. The number of methoxy groups -OCH3 is 1. The summed E-state index contributed by atoms with van der Waals surface area (Å²) < 4.78 is 33.1. The number of ether oxygens (including phenoxy) is 1. The van der Waals surface area contributed by atoms with Crippen molar-refractivity contribution in [3.05, 3.63) is 29.3 Å². The van der Waals surface area contributed by atoms with Crippen LogP contribution in [0.1, 0.15) is 25.3 Å². The number of nitrogens with zero attached hydrogens (tertiary/aromatic N) is 2. The molecule has 0 amide bonds. The van der Waals surface area contributed by atoms with Gasteiger partial charge in [0, 0.05) is 20.2 Å². The summed E-state index contributed by atoms with van der Waals surface area (Å²) in [4.78, 5) is 1.77. The molecule has 1 fully saturated rings. The highest BCUT2D eigenvalue weighted by atomic mass is 19.2. The van der Waals surface area contributed by atoms with Crippen molar-refractivity contribution in [2.24, 2.45) is 0 Å². The Kier molecular flexibility index (Phi) is 3.72. The van der Waals surface area contributed by atoms with Gasteiger partial charge in [-0.2, -0.15) is 5.26 Å². The summed E-state index contributed by atoms with van der Waals surface area (Å²) in [5, 5.41) is 8.67. The Labute approximate surface area is 111 Å². The van der Waals surface area contributed by atoms with Gasteiger partial charge in [-0.05, 0) is 31.9 Å². The fourth-order valence-electron chi connectivity index (χ4n) is 2.45. The van der Waals surface area contributed by atoms with Crippen molar-refractivity contribution in [2.75, 3.05) is 25.1 Å². The molecule has 0 aliphatic carbocycles. The molecule has 1 saturated heterocycles. The number of nitriles is 1. The molecule has 1 atom stereocenters. The molecule has 1 aliphatic rings. The minimum atomic E-state index is -1.08. The largest absolute Gasteiger partial charge is 0.377 e. The van der Waals surface area contributed by atoms with Crippen molar-refractivity contribution < 1.29 is 13.5 Å². The predicted octanol–water partition coefficient (Wildman–Crippen LogP) is 2.84. The van der Waals surface area contributed by atoms with Gasteiger partial charge in [0.25, 0.3) is 0 Å². The molecular weight excluding hydrogens is 250 g/mol. The molecule has 1 aromatic rings. The first-order valence-corrected chi connectivity index (χ1v) is 6.19. The zero-order chi connectivity index (χ0) is 14.0. The van der Waals surface area contributed by atoms with Gasteiger partial charge in [0.15, 0.2) is 11.6 Å². The Morgan fingerprint density at radius 1 is 1.37 bits per heavy atom. The smallest absolute Gasteiger partial charge is 0.183 e. The van der Waals surface area contributed by atoms with Crippen LogP contribution in [-0.4, -0.2) is 25.8 Å². The summed E-state index contributed by atoms with van der Waals surface area (Å²) in [5.74, 6) is -2.04. The molecule has 0 spiro atoms. The number of hydrogen-bond acceptors (Lipinski definition) is 3. The average molecular weight is 266 g/mol. The number of halogens is 2. The Morgan fingerprint density at radius 3 is 2.74 bits per heavy atom. The first-order chi connectivity index (χ1) is 9.00. The van der Waals surface area contributed by atoms with Gasteiger partial charge in [-0.3, -0.25) is 0 Å². The van der Waals surface area contributed by atoms with Crippen molar-refractivity contribution in [3.63, 3.8) is 0 Å². The van der Waals surface area contributed by atoms with E-state index in [9.17, 15) is 8.78 Å². The summed E-state index contributed by atoms with van der Waals surface area (Å²) in [5.41, 5.74) is -0.429. The maximum Gasteiger partial charge on any atom is 0.183 e. The molecule has 1 heterocycles. The van der Waals surface area contributed by atoms with E-state index in [0.29, 0.717) is 13.1 Å². The molecule has 0 aromatic heterocycles. The van der Waals surface area contributed by atoms with Crippen LogP contribution in [0, 0.1) is 23.0 Å². The van der Waals surface area contributed by atoms with Crippen molar-refractivity contribution in [2.45, 2.75) is 25.4 Å². The van der Waals surface area contributed by atoms with E-state index in [1.54, 1.807) is 18.1 Å². The molecular formula is C14H16F2N2O. The van der Waals surface area contributed by atoms with Gasteiger partial charge in [-0.15, -0.1) is 0 Å². The van der Waals surface area contributed by atoms with E-state index in [1.807, 2.05) is 6.92 Å². The summed E-state index contributed by atoms with van der Waals surface area (Å²) in [6, 6.07) is 4.40. The lowest BCUT2D eigenvalue weighted by molar-refractivity contribution is -0.00479. The molecule has 5 heteroatoms. The second-order valence-electron chi connectivity index (χ2n) is 5.05. The van der Waals surface area contributed by atoms with E-state index in [2.05, 4.69) is 0 Å².